The van der Waals surface area contributed by atoms with Crippen molar-refractivity contribution in [2.24, 2.45) is 11.1 Å². The lowest BCUT2D eigenvalue weighted by molar-refractivity contribution is -0.0507. The second-order valence-electron chi connectivity index (χ2n) is 6.93. The number of carbonyl (C=O) groups is 1. The van der Waals surface area contributed by atoms with E-state index in [-0.39, 0.29) is 35.5 Å². The van der Waals surface area contributed by atoms with Gasteiger partial charge in [0.25, 0.3) is 5.91 Å². The fourth-order valence-electron chi connectivity index (χ4n) is 3.08. The van der Waals surface area contributed by atoms with Gasteiger partial charge in [0.1, 0.15) is 5.75 Å². The van der Waals surface area contributed by atoms with Crippen molar-refractivity contribution in [2.75, 3.05) is 13.1 Å². The van der Waals surface area contributed by atoms with E-state index in [0.717, 1.165) is 6.42 Å². The van der Waals surface area contributed by atoms with Crippen molar-refractivity contribution in [3.63, 3.8) is 0 Å². The molecule has 7 heteroatoms. The van der Waals surface area contributed by atoms with Crippen LogP contribution in [0.5, 0.6) is 5.75 Å². The van der Waals surface area contributed by atoms with Gasteiger partial charge in [0.05, 0.1) is 0 Å². The lowest BCUT2D eigenvalue weighted by Crippen LogP contribution is -2.54. The molecule has 1 atom stereocenters. The van der Waals surface area contributed by atoms with E-state index in [1.54, 1.807) is 30.9 Å². The molecule has 2 N–H and O–H groups in total. The maximum atomic E-state index is 12.7. The predicted molar refractivity (Wildman–Crippen MR) is 92.1 cm³/mol. The van der Waals surface area contributed by atoms with E-state index in [2.05, 4.69) is 4.74 Å². The number of amides is 1. The van der Waals surface area contributed by atoms with Gasteiger partial charge in [0.15, 0.2) is 0 Å². The maximum absolute atomic E-state index is 12.7. The van der Waals surface area contributed by atoms with Crippen LogP contribution in [0, 0.1) is 19.3 Å². The number of ether oxygens (including phenoxy) is 1. The number of rotatable bonds is 3. The molecule has 1 aromatic carbocycles. The minimum Gasteiger partial charge on any atom is -0.434 e. The van der Waals surface area contributed by atoms with E-state index in [9.17, 15) is 13.6 Å². The number of carbonyl (C=O) groups excluding carboxylic acids is 1. The van der Waals surface area contributed by atoms with E-state index in [0.29, 0.717) is 29.8 Å². The molecule has 0 aliphatic carbocycles. The first-order valence-electron chi connectivity index (χ1n) is 7.72. The molecule has 1 aromatic rings. The molecule has 1 fully saturated rings. The van der Waals surface area contributed by atoms with E-state index < -0.39 is 6.61 Å². The second kappa shape index (κ2) is 7.66. The summed E-state index contributed by atoms with van der Waals surface area (Å²) in [6, 6.07) is 3.28. The smallest absolute Gasteiger partial charge is 0.387 e. The minimum absolute atomic E-state index is 0. The van der Waals surface area contributed by atoms with Crippen molar-refractivity contribution in [2.45, 2.75) is 46.8 Å². The second-order valence-corrected chi connectivity index (χ2v) is 6.93. The molecular weight excluding hydrogens is 338 g/mol. The highest BCUT2D eigenvalue weighted by atomic mass is 35.5. The number of hydrogen-bond donors (Lipinski definition) is 1. The van der Waals surface area contributed by atoms with Gasteiger partial charge >= 0.3 is 6.61 Å². The van der Waals surface area contributed by atoms with Crippen molar-refractivity contribution < 1.29 is 18.3 Å². The molecule has 0 radical (unpaired) electrons. The average molecular weight is 363 g/mol. The molecular formula is C17H25ClF2N2O2. The molecule has 1 aliphatic heterocycles. The summed E-state index contributed by atoms with van der Waals surface area (Å²) < 4.78 is 29.4. The third-order valence-corrected chi connectivity index (χ3v) is 4.51. The number of likely N-dealkylation sites (tertiary alicyclic amines) is 1. The summed E-state index contributed by atoms with van der Waals surface area (Å²) in [6.45, 7) is 5.74. The molecule has 0 spiro atoms. The molecule has 4 nitrogen and oxygen atoms in total. The molecule has 24 heavy (non-hydrogen) atoms. The van der Waals surface area contributed by atoms with Gasteiger partial charge in [-0.2, -0.15) is 8.78 Å². The fourth-order valence-corrected chi connectivity index (χ4v) is 3.08. The molecule has 0 aromatic heterocycles. The molecule has 0 bridgehead atoms. The van der Waals surface area contributed by atoms with Crippen LogP contribution in [0.3, 0.4) is 0 Å². The summed E-state index contributed by atoms with van der Waals surface area (Å²) in [5.41, 5.74) is 7.51. The van der Waals surface area contributed by atoms with Crippen molar-refractivity contribution in [3.05, 3.63) is 28.8 Å². The zero-order valence-corrected chi connectivity index (χ0v) is 15.3. The summed E-state index contributed by atoms with van der Waals surface area (Å²) in [7, 11) is 0. The van der Waals surface area contributed by atoms with Crippen LogP contribution in [0.15, 0.2) is 12.1 Å². The zero-order chi connectivity index (χ0) is 17.4. The summed E-state index contributed by atoms with van der Waals surface area (Å²) >= 11 is 0. The van der Waals surface area contributed by atoms with Gasteiger partial charge in [-0.05, 0) is 48.9 Å². The summed E-state index contributed by atoms with van der Waals surface area (Å²) in [5, 5.41) is 0. The van der Waals surface area contributed by atoms with Gasteiger partial charge in [-0.1, -0.05) is 13.8 Å². The van der Waals surface area contributed by atoms with Gasteiger partial charge in [-0.25, -0.2) is 0 Å². The van der Waals surface area contributed by atoms with Gasteiger partial charge in [-0.15, -0.1) is 12.4 Å². The van der Waals surface area contributed by atoms with E-state index in [4.69, 9.17) is 5.73 Å². The standard InChI is InChI=1S/C17H24F2N2O2.ClH/c1-10-7-12(8-11(2)14(10)23-16(18)19)15(22)21-6-5-13(20)17(3,4)9-21;/h7-8,13,16H,5-6,9,20H2,1-4H3;1H. The van der Waals surface area contributed by atoms with Crippen LogP contribution < -0.4 is 10.5 Å². The monoisotopic (exact) mass is 362 g/mol. The SMILES string of the molecule is Cc1cc(C(=O)N2CCC(N)C(C)(C)C2)cc(C)c1OC(F)F.Cl. The van der Waals surface area contributed by atoms with Gasteiger partial charge in [0.2, 0.25) is 0 Å². The number of alkyl halides is 2. The number of halogens is 3. The number of hydrogen-bond acceptors (Lipinski definition) is 3. The first kappa shape index (κ1) is 20.6. The van der Waals surface area contributed by atoms with Crippen LogP contribution in [0.25, 0.3) is 0 Å². The number of nitrogens with zero attached hydrogens (tertiary/aromatic N) is 1. The highest BCUT2D eigenvalue weighted by molar-refractivity contribution is 5.95. The Kier molecular flexibility index (Phi) is 6.59. The van der Waals surface area contributed by atoms with Crippen molar-refractivity contribution in [1.29, 1.82) is 0 Å². The Bertz CT molecular complexity index is 585. The first-order chi connectivity index (χ1) is 10.6. The maximum Gasteiger partial charge on any atom is 0.387 e. The normalized spacial score (nSPS) is 19.8. The van der Waals surface area contributed by atoms with Crippen LogP contribution in [-0.2, 0) is 0 Å². The van der Waals surface area contributed by atoms with Gasteiger partial charge in [-0.3, -0.25) is 4.79 Å². The van der Waals surface area contributed by atoms with Crippen molar-refractivity contribution in [1.82, 2.24) is 4.90 Å². The Hall–Kier alpha value is -1.40. The number of piperidine rings is 1. The Morgan fingerprint density at radius 3 is 2.33 bits per heavy atom. The van der Waals surface area contributed by atoms with Crippen LogP contribution >= 0.6 is 12.4 Å². The van der Waals surface area contributed by atoms with Gasteiger partial charge in [0, 0.05) is 24.7 Å². The quantitative estimate of drug-likeness (QED) is 0.895. The van der Waals surface area contributed by atoms with Crippen LogP contribution in [0.2, 0.25) is 0 Å². The topological polar surface area (TPSA) is 55.6 Å². The number of benzene rings is 1. The third kappa shape index (κ3) is 4.36. The lowest BCUT2D eigenvalue weighted by Gasteiger charge is -2.42. The zero-order valence-electron chi connectivity index (χ0n) is 14.4. The largest absolute Gasteiger partial charge is 0.434 e. The van der Waals surface area contributed by atoms with E-state index in [1.807, 2.05) is 13.8 Å². The predicted octanol–water partition coefficient (Wildman–Crippen LogP) is 3.53. The Morgan fingerprint density at radius 2 is 1.88 bits per heavy atom. The molecule has 1 amide bonds. The summed E-state index contributed by atoms with van der Waals surface area (Å²) in [6.07, 6.45) is 0.753. The van der Waals surface area contributed by atoms with E-state index in [1.165, 1.54) is 0 Å². The summed E-state index contributed by atoms with van der Waals surface area (Å²) in [5.74, 6) is 0.0392. The Balaban J connectivity index is 0.00000288. The molecule has 136 valence electrons. The highest BCUT2D eigenvalue weighted by Crippen LogP contribution is 2.30. The Morgan fingerprint density at radius 1 is 1.33 bits per heavy atom. The molecule has 1 unspecified atom stereocenters. The summed E-state index contributed by atoms with van der Waals surface area (Å²) in [4.78, 5) is 14.5. The number of nitrogens with two attached hydrogens (primary N) is 1. The van der Waals surface area contributed by atoms with Gasteiger partial charge < -0.3 is 15.4 Å². The molecule has 1 saturated heterocycles. The molecule has 1 heterocycles. The molecule has 0 saturated carbocycles. The van der Waals surface area contributed by atoms with E-state index >= 15 is 0 Å². The van der Waals surface area contributed by atoms with Crippen LogP contribution in [-0.4, -0.2) is 36.5 Å². The van der Waals surface area contributed by atoms with Crippen LogP contribution in [0.4, 0.5) is 8.78 Å². The number of aryl methyl sites for hydroxylation is 2. The average Bonchev–Trinajstić information content (AvgIpc) is 2.44. The van der Waals surface area contributed by atoms with Crippen molar-refractivity contribution in [3.8, 4) is 5.75 Å². The third-order valence-electron chi connectivity index (χ3n) is 4.51. The Labute approximate surface area is 147 Å². The van der Waals surface area contributed by atoms with Crippen molar-refractivity contribution >= 4 is 18.3 Å². The molecule has 1 aliphatic rings. The highest BCUT2D eigenvalue weighted by Gasteiger charge is 2.35. The molecule has 2 rings (SSSR count). The fraction of sp³-hybridized carbons (Fsp3) is 0.588. The first-order valence-corrected chi connectivity index (χ1v) is 7.72. The lowest BCUT2D eigenvalue weighted by atomic mass is 9.79. The van der Waals surface area contributed by atoms with Crippen LogP contribution in [0.1, 0.15) is 41.8 Å². The minimum atomic E-state index is -2.88.